The number of halogens is 2. The third kappa shape index (κ3) is 4.48. The van der Waals surface area contributed by atoms with Crippen LogP contribution in [0.1, 0.15) is 15.9 Å². The van der Waals surface area contributed by atoms with Gasteiger partial charge in [-0.1, -0.05) is 47.5 Å². The van der Waals surface area contributed by atoms with Crippen LogP contribution in [0.15, 0.2) is 66.7 Å². The van der Waals surface area contributed by atoms with Gasteiger partial charge in [0.05, 0.1) is 21.8 Å². The lowest BCUT2D eigenvalue weighted by Crippen LogP contribution is -2.48. The predicted molar refractivity (Wildman–Crippen MR) is 141 cm³/mol. The van der Waals surface area contributed by atoms with Crippen molar-refractivity contribution < 1.29 is 14.3 Å². The lowest BCUT2D eigenvalue weighted by Gasteiger charge is -2.35. The molecule has 3 aromatic carbocycles. The van der Waals surface area contributed by atoms with Gasteiger partial charge in [-0.15, -0.1) is 0 Å². The van der Waals surface area contributed by atoms with E-state index in [1.54, 1.807) is 12.1 Å². The quantitative estimate of drug-likeness (QED) is 0.336. The molecule has 1 amide bonds. The Kier molecular flexibility index (Phi) is 6.17. The van der Waals surface area contributed by atoms with E-state index in [4.69, 9.17) is 37.7 Å². The third-order valence-electron chi connectivity index (χ3n) is 6.66. The van der Waals surface area contributed by atoms with Gasteiger partial charge in [0.15, 0.2) is 11.5 Å². The van der Waals surface area contributed by atoms with Gasteiger partial charge in [0.25, 0.3) is 5.91 Å². The minimum Gasteiger partial charge on any atom is -0.454 e. The van der Waals surface area contributed by atoms with Crippen molar-refractivity contribution in [2.45, 2.75) is 6.54 Å². The number of aromatic nitrogens is 1. The molecule has 0 spiro atoms. The van der Waals surface area contributed by atoms with Crippen LogP contribution in [0.2, 0.25) is 10.0 Å². The maximum Gasteiger partial charge on any atom is 0.254 e. The van der Waals surface area contributed by atoms with Crippen molar-refractivity contribution >= 4 is 40.0 Å². The molecule has 0 bridgehead atoms. The highest BCUT2D eigenvalue weighted by atomic mass is 35.5. The van der Waals surface area contributed by atoms with Crippen molar-refractivity contribution in [2.24, 2.45) is 0 Å². The summed E-state index contributed by atoms with van der Waals surface area (Å²) in [7, 11) is 0. The number of piperazine rings is 1. The Hall–Kier alpha value is -3.32. The molecule has 6 rings (SSSR count). The van der Waals surface area contributed by atoms with Gasteiger partial charge in [-0.3, -0.25) is 9.69 Å². The van der Waals surface area contributed by atoms with E-state index in [1.807, 2.05) is 53.4 Å². The highest BCUT2D eigenvalue weighted by molar-refractivity contribution is 6.36. The first-order valence-corrected chi connectivity index (χ1v) is 12.6. The van der Waals surface area contributed by atoms with Crippen molar-refractivity contribution in [1.82, 2.24) is 14.8 Å². The Morgan fingerprint density at radius 3 is 2.53 bits per heavy atom. The van der Waals surface area contributed by atoms with Crippen LogP contribution >= 0.6 is 23.2 Å². The Morgan fingerprint density at radius 1 is 0.889 bits per heavy atom. The Morgan fingerprint density at radius 2 is 1.69 bits per heavy atom. The summed E-state index contributed by atoms with van der Waals surface area (Å²) in [4.78, 5) is 22.8. The monoisotopic (exact) mass is 519 g/mol. The van der Waals surface area contributed by atoms with Gasteiger partial charge in [0, 0.05) is 48.7 Å². The molecule has 36 heavy (non-hydrogen) atoms. The minimum atomic E-state index is 0.00247. The molecule has 1 saturated heterocycles. The number of benzene rings is 3. The van der Waals surface area contributed by atoms with Crippen LogP contribution in [0, 0.1) is 0 Å². The van der Waals surface area contributed by atoms with Crippen molar-refractivity contribution in [3.05, 3.63) is 87.9 Å². The third-order valence-corrected chi connectivity index (χ3v) is 7.20. The molecular weight excluding hydrogens is 497 g/mol. The number of para-hydroxylation sites is 1. The molecule has 6 nitrogen and oxygen atoms in total. The summed E-state index contributed by atoms with van der Waals surface area (Å²) in [6.07, 6.45) is 0. The Bertz CT molecular complexity index is 1470. The normalized spacial score (nSPS) is 15.4. The van der Waals surface area contributed by atoms with Crippen LogP contribution in [-0.2, 0) is 6.54 Å². The second-order valence-corrected chi connectivity index (χ2v) is 9.80. The summed E-state index contributed by atoms with van der Waals surface area (Å²) in [6.45, 7) is 3.96. The second-order valence-electron chi connectivity index (χ2n) is 8.95. The first-order valence-electron chi connectivity index (χ1n) is 11.8. The van der Waals surface area contributed by atoms with Gasteiger partial charge in [0.2, 0.25) is 6.79 Å². The van der Waals surface area contributed by atoms with Gasteiger partial charge in [-0.05, 0) is 48.0 Å². The van der Waals surface area contributed by atoms with E-state index in [0.29, 0.717) is 34.4 Å². The zero-order valence-corrected chi connectivity index (χ0v) is 20.9. The van der Waals surface area contributed by atoms with E-state index < -0.39 is 0 Å². The molecule has 182 valence electrons. The molecule has 1 fully saturated rings. The topological polar surface area (TPSA) is 54.9 Å². The number of hydrogen-bond acceptors (Lipinski definition) is 5. The van der Waals surface area contributed by atoms with E-state index in [2.05, 4.69) is 11.0 Å². The molecule has 0 saturated carbocycles. The number of carbonyl (C=O) groups is 1. The molecule has 8 heteroatoms. The molecule has 4 aromatic rings. The number of ether oxygens (including phenoxy) is 2. The molecule has 1 aromatic heterocycles. The second kappa shape index (κ2) is 9.62. The molecule has 2 aliphatic heterocycles. The van der Waals surface area contributed by atoms with Crippen LogP contribution < -0.4 is 9.47 Å². The molecular formula is C28H23Cl2N3O3. The smallest absolute Gasteiger partial charge is 0.254 e. The Labute approximate surface area is 219 Å². The van der Waals surface area contributed by atoms with Gasteiger partial charge < -0.3 is 14.4 Å². The summed E-state index contributed by atoms with van der Waals surface area (Å²) in [5.74, 6) is 1.59. The Balaban J connectivity index is 1.22. The number of hydrogen-bond donors (Lipinski definition) is 0. The fourth-order valence-corrected chi connectivity index (χ4v) is 5.27. The first-order chi connectivity index (χ1) is 17.5. The average Bonchev–Trinajstić information content (AvgIpc) is 3.36. The first kappa shape index (κ1) is 23.1. The predicted octanol–water partition coefficient (Wildman–Crippen LogP) is 5.90. The van der Waals surface area contributed by atoms with Crippen molar-refractivity contribution in [2.75, 3.05) is 33.0 Å². The van der Waals surface area contributed by atoms with Crippen molar-refractivity contribution in [3.8, 4) is 22.8 Å². The van der Waals surface area contributed by atoms with Gasteiger partial charge in [-0.25, -0.2) is 4.98 Å². The van der Waals surface area contributed by atoms with E-state index in [9.17, 15) is 4.79 Å². The van der Waals surface area contributed by atoms with Crippen LogP contribution in [0.25, 0.3) is 22.2 Å². The average molecular weight is 520 g/mol. The lowest BCUT2D eigenvalue weighted by molar-refractivity contribution is 0.0630. The number of amides is 1. The number of nitrogens with zero attached hydrogens (tertiary/aromatic N) is 3. The largest absolute Gasteiger partial charge is 0.454 e. The lowest BCUT2D eigenvalue weighted by atomic mass is 10.0. The molecule has 0 radical (unpaired) electrons. The van der Waals surface area contributed by atoms with E-state index in [1.165, 1.54) is 5.56 Å². The van der Waals surface area contributed by atoms with Gasteiger partial charge >= 0.3 is 0 Å². The van der Waals surface area contributed by atoms with Crippen molar-refractivity contribution in [3.63, 3.8) is 0 Å². The summed E-state index contributed by atoms with van der Waals surface area (Å²) >= 11 is 12.6. The maximum atomic E-state index is 13.7. The van der Waals surface area contributed by atoms with Gasteiger partial charge in [-0.2, -0.15) is 0 Å². The SMILES string of the molecule is O=C(c1cc(-c2ccc(Cl)cc2Cl)nc2ccccc12)N1CCN(Cc2ccc3c(c2)OCO3)CC1. The van der Waals surface area contributed by atoms with Crippen LogP contribution in [-0.4, -0.2) is 53.7 Å². The van der Waals surface area contributed by atoms with Crippen molar-refractivity contribution in [1.29, 1.82) is 0 Å². The molecule has 0 N–H and O–H groups in total. The number of pyridine rings is 1. The summed E-state index contributed by atoms with van der Waals surface area (Å²) < 4.78 is 10.9. The number of rotatable bonds is 4. The van der Waals surface area contributed by atoms with Crippen LogP contribution in [0.5, 0.6) is 11.5 Å². The van der Waals surface area contributed by atoms with Crippen LogP contribution in [0.3, 0.4) is 0 Å². The highest BCUT2D eigenvalue weighted by Gasteiger charge is 2.25. The summed E-state index contributed by atoms with van der Waals surface area (Å²) in [6, 6.07) is 20.9. The molecule has 0 aliphatic carbocycles. The fourth-order valence-electron chi connectivity index (χ4n) is 4.76. The minimum absolute atomic E-state index is 0.00247. The zero-order valence-electron chi connectivity index (χ0n) is 19.4. The summed E-state index contributed by atoms with van der Waals surface area (Å²) in [5.41, 5.74) is 3.95. The molecule has 0 unspecified atom stereocenters. The number of carbonyl (C=O) groups excluding carboxylic acids is 1. The van der Waals surface area contributed by atoms with Crippen LogP contribution in [0.4, 0.5) is 0 Å². The molecule has 0 atom stereocenters. The maximum absolute atomic E-state index is 13.7. The summed E-state index contributed by atoms with van der Waals surface area (Å²) in [5, 5.41) is 1.89. The van der Waals surface area contributed by atoms with E-state index in [0.717, 1.165) is 47.6 Å². The standard InChI is InChI=1S/C28H23Cl2N3O3/c29-19-6-7-21(23(30)14-19)25-15-22(20-3-1-2-4-24(20)31-25)28(34)33-11-9-32(10-12-33)16-18-5-8-26-27(13-18)36-17-35-26/h1-8,13-15H,9-12,16-17H2. The highest BCUT2D eigenvalue weighted by Crippen LogP contribution is 2.34. The molecule has 2 aliphatic rings. The zero-order chi connectivity index (χ0) is 24.6. The number of fused-ring (bicyclic) bond motifs is 2. The fraction of sp³-hybridized carbons (Fsp3) is 0.214. The van der Waals surface area contributed by atoms with E-state index >= 15 is 0 Å². The van der Waals surface area contributed by atoms with E-state index in [-0.39, 0.29) is 12.7 Å². The van der Waals surface area contributed by atoms with Gasteiger partial charge in [0.1, 0.15) is 0 Å². The molecule has 3 heterocycles.